The number of ether oxygens (including phenoxy) is 1. The van der Waals surface area contributed by atoms with E-state index < -0.39 is 0 Å². The summed E-state index contributed by atoms with van der Waals surface area (Å²) < 4.78 is 6.35. The van der Waals surface area contributed by atoms with Crippen LogP contribution in [0.2, 0.25) is 0 Å². The normalized spacial score (nSPS) is 31.8. The molecule has 0 radical (unpaired) electrons. The molecule has 0 amide bonds. The van der Waals surface area contributed by atoms with E-state index in [4.69, 9.17) is 4.74 Å². The summed E-state index contributed by atoms with van der Waals surface area (Å²) in [5.41, 5.74) is 0.500. The molecule has 104 valence electrons. The third-order valence-electron chi connectivity index (χ3n) is 5.47. The number of nitrogens with one attached hydrogen (secondary N) is 1. The van der Waals surface area contributed by atoms with E-state index in [0.717, 1.165) is 19.4 Å². The molecule has 3 rings (SSSR count). The van der Waals surface area contributed by atoms with Crippen molar-refractivity contribution in [2.75, 3.05) is 32.8 Å². The van der Waals surface area contributed by atoms with Crippen LogP contribution in [0, 0.1) is 5.41 Å². The van der Waals surface area contributed by atoms with E-state index >= 15 is 0 Å². The van der Waals surface area contributed by atoms with Crippen LogP contribution in [0.5, 0.6) is 0 Å². The van der Waals surface area contributed by atoms with Gasteiger partial charge in [-0.3, -0.25) is 5.32 Å². The Labute approximate surface area is 111 Å². The first kappa shape index (κ1) is 12.9. The highest BCUT2D eigenvalue weighted by Gasteiger charge is 2.44. The van der Waals surface area contributed by atoms with Gasteiger partial charge in [0.05, 0.1) is 6.61 Å². The van der Waals surface area contributed by atoms with Crippen LogP contribution in [-0.4, -0.2) is 43.4 Å². The Morgan fingerprint density at radius 1 is 1.06 bits per heavy atom. The molecule has 1 aliphatic carbocycles. The third-order valence-corrected chi connectivity index (χ3v) is 5.47. The summed E-state index contributed by atoms with van der Waals surface area (Å²) in [6, 6.07) is 0. The predicted molar refractivity (Wildman–Crippen MR) is 73.6 cm³/mol. The summed E-state index contributed by atoms with van der Waals surface area (Å²) >= 11 is 0. The van der Waals surface area contributed by atoms with E-state index in [9.17, 15) is 0 Å². The molecule has 1 N–H and O–H groups in total. The highest BCUT2D eigenvalue weighted by Crippen LogP contribution is 2.41. The lowest BCUT2D eigenvalue weighted by Crippen LogP contribution is -2.62. The zero-order valence-corrected chi connectivity index (χ0v) is 11.8. The van der Waals surface area contributed by atoms with Crippen molar-refractivity contribution in [1.29, 1.82) is 0 Å². The Hall–Kier alpha value is -0.120. The SMILES string of the molecule is CCN1CCC2(CC1)NCC1(CCCCC1)CO2. The standard InChI is InChI=1S/C15H28N2O/c1-2-17-10-8-15(9-11-17)16-12-14(13-18-15)6-4-3-5-7-14/h16H,2-13H2,1H3. The molecule has 2 aliphatic heterocycles. The summed E-state index contributed by atoms with van der Waals surface area (Å²) in [6.07, 6.45) is 9.31. The number of nitrogens with zero attached hydrogens (tertiary/aromatic N) is 1. The topological polar surface area (TPSA) is 24.5 Å². The van der Waals surface area contributed by atoms with Crippen molar-refractivity contribution >= 4 is 0 Å². The molecule has 3 aliphatic rings. The van der Waals surface area contributed by atoms with Crippen molar-refractivity contribution in [2.24, 2.45) is 5.41 Å². The van der Waals surface area contributed by atoms with Gasteiger partial charge in [0.15, 0.2) is 0 Å². The Morgan fingerprint density at radius 2 is 1.78 bits per heavy atom. The Kier molecular flexibility index (Phi) is 3.65. The summed E-state index contributed by atoms with van der Waals surface area (Å²) in [5, 5.41) is 3.79. The highest BCUT2D eigenvalue weighted by molar-refractivity contribution is 4.95. The van der Waals surface area contributed by atoms with Crippen molar-refractivity contribution in [3.05, 3.63) is 0 Å². The van der Waals surface area contributed by atoms with Gasteiger partial charge >= 0.3 is 0 Å². The molecule has 3 fully saturated rings. The molecule has 18 heavy (non-hydrogen) atoms. The molecule has 0 atom stereocenters. The Bertz CT molecular complexity index is 266. The zero-order chi connectivity index (χ0) is 12.5. The summed E-state index contributed by atoms with van der Waals surface area (Å²) in [6.45, 7) is 8.02. The summed E-state index contributed by atoms with van der Waals surface area (Å²) in [7, 11) is 0. The smallest absolute Gasteiger partial charge is 0.121 e. The van der Waals surface area contributed by atoms with E-state index in [1.54, 1.807) is 0 Å². The molecule has 0 aromatic heterocycles. The second-order valence-electron chi connectivity index (χ2n) is 6.63. The maximum absolute atomic E-state index is 6.35. The van der Waals surface area contributed by atoms with Crippen LogP contribution >= 0.6 is 0 Å². The van der Waals surface area contributed by atoms with Gasteiger partial charge in [-0.2, -0.15) is 0 Å². The van der Waals surface area contributed by atoms with Gasteiger partial charge in [0.1, 0.15) is 5.72 Å². The summed E-state index contributed by atoms with van der Waals surface area (Å²) in [4.78, 5) is 2.53. The van der Waals surface area contributed by atoms with E-state index in [0.29, 0.717) is 5.41 Å². The molecule has 0 aromatic carbocycles. The van der Waals surface area contributed by atoms with Gasteiger partial charge in [0.25, 0.3) is 0 Å². The fraction of sp³-hybridized carbons (Fsp3) is 1.00. The second kappa shape index (κ2) is 5.10. The number of hydrogen-bond donors (Lipinski definition) is 1. The number of rotatable bonds is 1. The van der Waals surface area contributed by atoms with E-state index in [1.807, 2.05) is 0 Å². The third kappa shape index (κ3) is 2.45. The maximum Gasteiger partial charge on any atom is 0.121 e. The molecule has 0 bridgehead atoms. The largest absolute Gasteiger partial charge is 0.360 e. The predicted octanol–water partition coefficient (Wildman–Crippen LogP) is 2.37. The average Bonchev–Trinajstić information content (AvgIpc) is 2.45. The highest BCUT2D eigenvalue weighted by atomic mass is 16.5. The number of likely N-dealkylation sites (tertiary alicyclic amines) is 1. The van der Waals surface area contributed by atoms with Crippen LogP contribution < -0.4 is 5.32 Å². The Balaban J connectivity index is 1.56. The molecule has 1 saturated carbocycles. The molecule has 2 spiro atoms. The molecule has 2 saturated heterocycles. The van der Waals surface area contributed by atoms with E-state index in [-0.39, 0.29) is 5.72 Å². The molecular formula is C15H28N2O. The van der Waals surface area contributed by atoms with Gasteiger partial charge in [-0.15, -0.1) is 0 Å². The second-order valence-corrected chi connectivity index (χ2v) is 6.63. The lowest BCUT2D eigenvalue weighted by Gasteiger charge is -2.51. The van der Waals surface area contributed by atoms with Crippen LogP contribution in [0.25, 0.3) is 0 Å². The van der Waals surface area contributed by atoms with Crippen LogP contribution in [0.15, 0.2) is 0 Å². The monoisotopic (exact) mass is 252 g/mol. The first-order chi connectivity index (χ1) is 8.76. The van der Waals surface area contributed by atoms with E-state index in [2.05, 4.69) is 17.1 Å². The molecule has 2 heterocycles. The first-order valence-electron chi connectivity index (χ1n) is 7.87. The number of hydrogen-bond acceptors (Lipinski definition) is 3. The van der Waals surface area contributed by atoms with Crippen molar-refractivity contribution in [3.63, 3.8) is 0 Å². The average molecular weight is 252 g/mol. The van der Waals surface area contributed by atoms with Crippen molar-refractivity contribution in [1.82, 2.24) is 10.2 Å². The minimum Gasteiger partial charge on any atom is -0.360 e. The number of piperidine rings is 1. The fourth-order valence-corrected chi connectivity index (χ4v) is 3.92. The van der Waals surface area contributed by atoms with Gasteiger partial charge in [0.2, 0.25) is 0 Å². The molecule has 3 heteroatoms. The van der Waals surface area contributed by atoms with E-state index in [1.165, 1.54) is 58.3 Å². The maximum atomic E-state index is 6.35. The lowest BCUT2D eigenvalue weighted by atomic mass is 9.73. The molecule has 3 nitrogen and oxygen atoms in total. The molecule has 0 unspecified atom stereocenters. The van der Waals surface area contributed by atoms with Gasteiger partial charge < -0.3 is 9.64 Å². The van der Waals surface area contributed by atoms with Crippen molar-refractivity contribution in [2.45, 2.75) is 57.6 Å². The minimum absolute atomic E-state index is 0.0222. The van der Waals surface area contributed by atoms with Crippen LogP contribution in [0.1, 0.15) is 51.9 Å². The fourth-order valence-electron chi connectivity index (χ4n) is 3.92. The van der Waals surface area contributed by atoms with Gasteiger partial charge in [-0.25, -0.2) is 0 Å². The molecule has 0 aromatic rings. The van der Waals surface area contributed by atoms with Gasteiger partial charge in [-0.05, 0) is 19.4 Å². The Morgan fingerprint density at radius 3 is 2.33 bits per heavy atom. The molecular weight excluding hydrogens is 224 g/mol. The lowest BCUT2D eigenvalue weighted by molar-refractivity contribution is -0.174. The van der Waals surface area contributed by atoms with Crippen LogP contribution in [0.3, 0.4) is 0 Å². The first-order valence-corrected chi connectivity index (χ1v) is 7.87. The van der Waals surface area contributed by atoms with Crippen molar-refractivity contribution < 1.29 is 4.74 Å². The summed E-state index contributed by atoms with van der Waals surface area (Å²) in [5.74, 6) is 0. The van der Waals surface area contributed by atoms with Gasteiger partial charge in [0, 0.05) is 37.9 Å². The van der Waals surface area contributed by atoms with Crippen molar-refractivity contribution in [3.8, 4) is 0 Å². The minimum atomic E-state index is 0.0222. The van der Waals surface area contributed by atoms with Crippen LogP contribution in [0.4, 0.5) is 0 Å². The quantitative estimate of drug-likeness (QED) is 0.775. The van der Waals surface area contributed by atoms with Gasteiger partial charge in [-0.1, -0.05) is 26.2 Å². The van der Waals surface area contributed by atoms with Crippen LogP contribution in [-0.2, 0) is 4.74 Å². The zero-order valence-electron chi connectivity index (χ0n) is 11.8.